The molecule has 1 nitrogen and oxygen atoms in total. The number of aryl methyl sites for hydroxylation is 1. The van der Waals surface area contributed by atoms with E-state index in [1.165, 1.54) is 11.1 Å². The summed E-state index contributed by atoms with van der Waals surface area (Å²) in [5.74, 6) is 0. The maximum atomic E-state index is 6.40. The average molecular weight is 387 g/mol. The Bertz CT molecular complexity index is 577. The summed E-state index contributed by atoms with van der Waals surface area (Å²) in [7, 11) is 0. The first-order chi connectivity index (χ1) is 10.0. The van der Waals surface area contributed by atoms with Gasteiger partial charge in [-0.3, -0.25) is 0 Å². The Kier molecular flexibility index (Phi) is 6.12. The van der Waals surface area contributed by atoms with Gasteiger partial charge in [0, 0.05) is 14.5 Å². The molecule has 0 fully saturated rings. The van der Waals surface area contributed by atoms with Crippen LogP contribution in [0.3, 0.4) is 0 Å². The summed E-state index contributed by atoms with van der Waals surface area (Å²) >= 11 is 16.2. The van der Waals surface area contributed by atoms with E-state index < -0.39 is 0 Å². The van der Waals surface area contributed by atoms with Crippen LogP contribution < -0.4 is 5.32 Å². The zero-order chi connectivity index (χ0) is 15.4. The average Bonchev–Trinajstić information content (AvgIpc) is 2.46. The van der Waals surface area contributed by atoms with Crippen molar-refractivity contribution in [2.24, 2.45) is 0 Å². The Morgan fingerprint density at radius 2 is 1.86 bits per heavy atom. The first kappa shape index (κ1) is 16.8. The second-order valence-corrected chi connectivity index (χ2v) is 6.78. The standard InChI is InChI=1S/C17H18BrCl2N/c1-3-8-21-17(13-9-11(2)4-6-15(13)18)14-10-12(19)5-7-16(14)20/h4-7,9-10,17,21H,3,8H2,1-2H3. The van der Waals surface area contributed by atoms with Crippen molar-refractivity contribution in [3.8, 4) is 0 Å². The van der Waals surface area contributed by atoms with E-state index >= 15 is 0 Å². The number of hydrogen-bond acceptors (Lipinski definition) is 1. The molecule has 1 N–H and O–H groups in total. The van der Waals surface area contributed by atoms with Crippen LogP contribution in [0.5, 0.6) is 0 Å². The number of rotatable bonds is 5. The predicted octanol–water partition coefficient (Wildman–Crippen LogP) is 6.15. The molecule has 0 aliphatic carbocycles. The largest absolute Gasteiger partial charge is 0.306 e. The summed E-state index contributed by atoms with van der Waals surface area (Å²) in [6.45, 7) is 5.15. The highest BCUT2D eigenvalue weighted by molar-refractivity contribution is 9.10. The predicted molar refractivity (Wildman–Crippen MR) is 95.5 cm³/mol. The molecule has 0 aromatic heterocycles. The SMILES string of the molecule is CCCNC(c1cc(Cl)ccc1Cl)c1cc(C)ccc1Br. The van der Waals surface area contributed by atoms with Crippen LogP contribution in [0.2, 0.25) is 10.0 Å². The summed E-state index contributed by atoms with van der Waals surface area (Å²) in [6, 6.07) is 12.0. The van der Waals surface area contributed by atoms with Gasteiger partial charge in [-0.15, -0.1) is 0 Å². The van der Waals surface area contributed by atoms with Crippen LogP contribution in [0.1, 0.15) is 36.1 Å². The van der Waals surface area contributed by atoms with Crippen molar-refractivity contribution in [3.05, 3.63) is 67.6 Å². The maximum absolute atomic E-state index is 6.40. The molecular weight excluding hydrogens is 369 g/mol. The van der Waals surface area contributed by atoms with Gasteiger partial charge in [-0.25, -0.2) is 0 Å². The molecule has 0 aliphatic heterocycles. The number of halogens is 3. The Balaban J connectivity index is 2.52. The smallest absolute Gasteiger partial charge is 0.0603 e. The molecule has 112 valence electrons. The van der Waals surface area contributed by atoms with Gasteiger partial charge < -0.3 is 5.32 Å². The van der Waals surface area contributed by atoms with E-state index in [-0.39, 0.29) is 6.04 Å². The number of nitrogens with one attached hydrogen (secondary N) is 1. The molecule has 0 bridgehead atoms. The molecule has 0 spiro atoms. The van der Waals surface area contributed by atoms with Crippen molar-refractivity contribution in [2.45, 2.75) is 26.3 Å². The molecule has 1 unspecified atom stereocenters. The van der Waals surface area contributed by atoms with Gasteiger partial charge in [0.05, 0.1) is 6.04 Å². The van der Waals surface area contributed by atoms with Gasteiger partial charge in [0.25, 0.3) is 0 Å². The van der Waals surface area contributed by atoms with Crippen LogP contribution in [0, 0.1) is 6.92 Å². The molecule has 1 atom stereocenters. The van der Waals surface area contributed by atoms with Crippen molar-refractivity contribution in [3.63, 3.8) is 0 Å². The van der Waals surface area contributed by atoms with Crippen molar-refractivity contribution < 1.29 is 0 Å². The quantitative estimate of drug-likeness (QED) is 0.649. The molecule has 0 saturated heterocycles. The Morgan fingerprint density at radius 1 is 1.10 bits per heavy atom. The van der Waals surface area contributed by atoms with Crippen LogP contribution >= 0.6 is 39.1 Å². The fraction of sp³-hybridized carbons (Fsp3) is 0.294. The Morgan fingerprint density at radius 3 is 2.57 bits per heavy atom. The van der Waals surface area contributed by atoms with E-state index in [9.17, 15) is 0 Å². The fourth-order valence-corrected chi connectivity index (χ4v) is 3.18. The van der Waals surface area contributed by atoms with Crippen molar-refractivity contribution >= 4 is 39.1 Å². The van der Waals surface area contributed by atoms with Crippen molar-refractivity contribution in [2.75, 3.05) is 6.54 Å². The van der Waals surface area contributed by atoms with E-state index in [4.69, 9.17) is 23.2 Å². The molecule has 4 heteroatoms. The van der Waals surface area contributed by atoms with Crippen LogP contribution in [0.15, 0.2) is 40.9 Å². The van der Waals surface area contributed by atoms with E-state index in [1.54, 1.807) is 0 Å². The molecule has 21 heavy (non-hydrogen) atoms. The molecular formula is C17H18BrCl2N. The van der Waals surface area contributed by atoms with Gasteiger partial charge in [0.2, 0.25) is 0 Å². The highest BCUT2D eigenvalue weighted by Crippen LogP contribution is 2.34. The molecule has 2 aromatic carbocycles. The Hall–Kier alpha value is -0.540. The minimum Gasteiger partial charge on any atom is -0.306 e. The van der Waals surface area contributed by atoms with Gasteiger partial charge in [-0.05, 0) is 55.3 Å². The third-order valence-corrected chi connectivity index (χ3v) is 4.63. The van der Waals surface area contributed by atoms with Crippen molar-refractivity contribution in [1.82, 2.24) is 5.32 Å². The number of hydrogen-bond donors (Lipinski definition) is 1. The highest BCUT2D eigenvalue weighted by atomic mass is 79.9. The first-order valence-electron chi connectivity index (χ1n) is 6.97. The normalized spacial score (nSPS) is 12.4. The molecule has 2 aromatic rings. The van der Waals surface area contributed by atoms with Gasteiger partial charge >= 0.3 is 0 Å². The minimum absolute atomic E-state index is 0.0189. The molecule has 0 amide bonds. The van der Waals surface area contributed by atoms with Gasteiger partial charge in [0.15, 0.2) is 0 Å². The van der Waals surface area contributed by atoms with Crippen LogP contribution in [-0.4, -0.2) is 6.54 Å². The summed E-state index contributed by atoms with van der Waals surface area (Å²) in [5, 5.41) is 4.98. The first-order valence-corrected chi connectivity index (χ1v) is 8.52. The zero-order valence-electron chi connectivity index (χ0n) is 12.1. The third-order valence-electron chi connectivity index (χ3n) is 3.33. The van der Waals surface area contributed by atoms with E-state index in [2.05, 4.69) is 53.3 Å². The maximum Gasteiger partial charge on any atom is 0.0603 e. The third kappa shape index (κ3) is 4.23. The lowest BCUT2D eigenvalue weighted by Gasteiger charge is -2.22. The lowest BCUT2D eigenvalue weighted by Crippen LogP contribution is -2.24. The van der Waals surface area contributed by atoms with E-state index in [0.717, 1.165) is 28.0 Å². The number of benzene rings is 2. The van der Waals surface area contributed by atoms with E-state index in [0.29, 0.717) is 5.02 Å². The van der Waals surface area contributed by atoms with Gasteiger partial charge in [-0.1, -0.05) is 63.8 Å². The Labute approximate surface area is 144 Å². The van der Waals surface area contributed by atoms with Crippen LogP contribution in [0.25, 0.3) is 0 Å². The highest BCUT2D eigenvalue weighted by Gasteiger charge is 2.19. The van der Waals surface area contributed by atoms with Crippen LogP contribution in [-0.2, 0) is 0 Å². The fourth-order valence-electron chi connectivity index (χ4n) is 2.30. The topological polar surface area (TPSA) is 12.0 Å². The minimum atomic E-state index is 0.0189. The van der Waals surface area contributed by atoms with E-state index in [1.807, 2.05) is 18.2 Å². The summed E-state index contributed by atoms with van der Waals surface area (Å²) in [4.78, 5) is 0. The van der Waals surface area contributed by atoms with Gasteiger partial charge in [0.1, 0.15) is 0 Å². The second kappa shape index (κ2) is 7.64. The molecule has 2 rings (SSSR count). The summed E-state index contributed by atoms with van der Waals surface area (Å²) in [6.07, 6.45) is 1.05. The zero-order valence-corrected chi connectivity index (χ0v) is 15.2. The molecule has 0 saturated carbocycles. The second-order valence-electron chi connectivity index (χ2n) is 5.08. The summed E-state index contributed by atoms with van der Waals surface area (Å²) in [5.41, 5.74) is 3.39. The van der Waals surface area contributed by atoms with Crippen LogP contribution in [0.4, 0.5) is 0 Å². The monoisotopic (exact) mass is 385 g/mol. The lowest BCUT2D eigenvalue weighted by atomic mass is 9.97. The van der Waals surface area contributed by atoms with Gasteiger partial charge in [-0.2, -0.15) is 0 Å². The molecule has 0 radical (unpaired) electrons. The molecule has 0 aliphatic rings. The van der Waals surface area contributed by atoms with Crippen molar-refractivity contribution in [1.29, 1.82) is 0 Å². The lowest BCUT2D eigenvalue weighted by molar-refractivity contribution is 0.597. The molecule has 0 heterocycles. The summed E-state index contributed by atoms with van der Waals surface area (Å²) < 4.78 is 1.07.